The second kappa shape index (κ2) is 4.00. The van der Waals surface area contributed by atoms with Crippen LogP contribution in [0.25, 0.3) is 0 Å². The molecule has 0 fully saturated rings. The molecule has 0 aliphatic heterocycles. The second-order valence-corrected chi connectivity index (χ2v) is 1.80. The first-order valence-corrected chi connectivity index (χ1v) is 2.61. The van der Waals surface area contributed by atoms with Gasteiger partial charge in [0.1, 0.15) is 19.2 Å². The molecule has 0 aliphatic carbocycles. The quantitative estimate of drug-likeness (QED) is 0.627. The molecule has 0 saturated carbocycles. The van der Waals surface area contributed by atoms with Crippen LogP contribution in [0.3, 0.4) is 0 Å². The minimum absolute atomic E-state index is 0. The Bertz CT molecular complexity index is 197. The van der Waals surface area contributed by atoms with E-state index in [0.717, 1.165) is 0 Å². The first kappa shape index (κ1) is 9.10. The Morgan fingerprint density at radius 2 is 2.40 bits per heavy atom. The number of hydrogen-bond acceptors (Lipinski definition) is 3. The van der Waals surface area contributed by atoms with Crippen molar-refractivity contribution in [2.24, 2.45) is 0 Å². The summed E-state index contributed by atoms with van der Waals surface area (Å²) in [6, 6.07) is 0. The van der Waals surface area contributed by atoms with Crippen LogP contribution in [-0.2, 0) is 11.3 Å². The van der Waals surface area contributed by atoms with Gasteiger partial charge in [-0.2, -0.15) is 5.10 Å². The summed E-state index contributed by atoms with van der Waals surface area (Å²) in [6.45, 7) is 1.84. The molecule has 0 atom stereocenters. The van der Waals surface area contributed by atoms with Gasteiger partial charge in [0.05, 0.1) is 0 Å². The third kappa shape index (κ3) is 2.59. The van der Waals surface area contributed by atoms with E-state index in [1.807, 2.05) is 0 Å². The molecule has 56 valence electrons. The van der Waals surface area contributed by atoms with Crippen molar-refractivity contribution in [2.45, 2.75) is 13.5 Å². The summed E-state index contributed by atoms with van der Waals surface area (Å²) in [5, 5.41) is 3.74. The standard InChI is InChI=1S/C5H7N3O.ClH/c1-5(9)2-8-4-6-3-7-8;/h3-4H,2H2,1H3;1H. The Kier molecular flexibility index (Phi) is 3.64. The van der Waals surface area contributed by atoms with E-state index in [9.17, 15) is 4.79 Å². The van der Waals surface area contributed by atoms with E-state index >= 15 is 0 Å². The summed E-state index contributed by atoms with van der Waals surface area (Å²) < 4.78 is 1.49. The molecule has 0 saturated heterocycles. The molecule has 0 N–H and O–H groups in total. The summed E-state index contributed by atoms with van der Waals surface area (Å²) in [4.78, 5) is 14.1. The SMILES string of the molecule is CC(=O)Cn1cncn1.Cl. The number of halogens is 1. The van der Waals surface area contributed by atoms with Crippen molar-refractivity contribution in [2.75, 3.05) is 0 Å². The third-order valence-corrected chi connectivity index (χ3v) is 0.851. The lowest BCUT2D eigenvalue weighted by atomic mass is 10.5. The molecule has 1 rings (SSSR count). The Balaban J connectivity index is 0.000000810. The summed E-state index contributed by atoms with van der Waals surface area (Å²) >= 11 is 0. The predicted octanol–water partition coefficient (Wildman–Crippen LogP) is 0.289. The van der Waals surface area contributed by atoms with E-state index in [4.69, 9.17) is 0 Å². The zero-order chi connectivity index (χ0) is 6.69. The maximum atomic E-state index is 10.4. The first-order valence-electron chi connectivity index (χ1n) is 2.61. The van der Waals surface area contributed by atoms with Crippen LogP contribution in [0.15, 0.2) is 12.7 Å². The fourth-order valence-electron chi connectivity index (χ4n) is 0.543. The predicted molar refractivity (Wildman–Crippen MR) is 38.0 cm³/mol. The van der Waals surface area contributed by atoms with Gasteiger partial charge in [-0.3, -0.25) is 4.79 Å². The van der Waals surface area contributed by atoms with Crippen LogP contribution in [0.1, 0.15) is 6.92 Å². The van der Waals surface area contributed by atoms with Gasteiger partial charge < -0.3 is 0 Å². The van der Waals surface area contributed by atoms with E-state index in [0.29, 0.717) is 6.54 Å². The van der Waals surface area contributed by atoms with Crippen molar-refractivity contribution in [1.82, 2.24) is 14.8 Å². The number of carbonyl (C=O) groups is 1. The van der Waals surface area contributed by atoms with Crippen LogP contribution in [0.2, 0.25) is 0 Å². The Hall–Kier alpha value is -0.900. The molecule has 4 nitrogen and oxygen atoms in total. The van der Waals surface area contributed by atoms with E-state index in [1.54, 1.807) is 0 Å². The van der Waals surface area contributed by atoms with Crippen molar-refractivity contribution in [3.05, 3.63) is 12.7 Å². The van der Waals surface area contributed by atoms with Gasteiger partial charge in [0.25, 0.3) is 0 Å². The summed E-state index contributed by atoms with van der Waals surface area (Å²) in [5.41, 5.74) is 0. The molecule has 0 amide bonds. The molecule has 5 heteroatoms. The molecule has 0 aliphatic rings. The zero-order valence-corrected chi connectivity index (χ0v) is 6.34. The van der Waals surface area contributed by atoms with Gasteiger partial charge >= 0.3 is 0 Å². The van der Waals surface area contributed by atoms with Crippen LogP contribution in [0.5, 0.6) is 0 Å². The van der Waals surface area contributed by atoms with Gasteiger partial charge in [-0.25, -0.2) is 9.67 Å². The molecule has 0 spiro atoms. The van der Waals surface area contributed by atoms with Crippen LogP contribution in [0, 0.1) is 0 Å². The number of aromatic nitrogens is 3. The number of carbonyl (C=O) groups excluding carboxylic acids is 1. The molecule has 1 aromatic heterocycles. The van der Waals surface area contributed by atoms with Crippen LogP contribution >= 0.6 is 12.4 Å². The molecular formula is C5H8ClN3O. The van der Waals surface area contributed by atoms with E-state index in [2.05, 4.69) is 10.1 Å². The highest BCUT2D eigenvalue weighted by Crippen LogP contribution is 1.79. The topological polar surface area (TPSA) is 47.8 Å². The van der Waals surface area contributed by atoms with Crippen LogP contribution in [0.4, 0.5) is 0 Å². The molecule has 0 unspecified atom stereocenters. The normalized spacial score (nSPS) is 8.50. The third-order valence-electron chi connectivity index (χ3n) is 0.851. The van der Waals surface area contributed by atoms with Crippen molar-refractivity contribution in [1.29, 1.82) is 0 Å². The van der Waals surface area contributed by atoms with E-state index in [-0.39, 0.29) is 18.2 Å². The van der Waals surface area contributed by atoms with E-state index in [1.165, 1.54) is 24.3 Å². The summed E-state index contributed by atoms with van der Waals surface area (Å²) in [6.07, 6.45) is 2.92. The molecule has 0 radical (unpaired) electrons. The Morgan fingerprint density at radius 1 is 1.70 bits per heavy atom. The molecular weight excluding hydrogens is 154 g/mol. The van der Waals surface area contributed by atoms with Crippen molar-refractivity contribution in [3.8, 4) is 0 Å². The number of Topliss-reactive ketones (excluding diaryl/α,β-unsaturated/α-hetero) is 1. The fraction of sp³-hybridized carbons (Fsp3) is 0.400. The fourth-order valence-corrected chi connectivity index (χ4v) is 0.543. The number of hydrogen-bond donors (Lipinski definition) is 0. The highest BCUT2D eigenvalue weighted by Gasteiger charge is 1.93. The second-order valence-electron chi connectivity index (χ2n) is 1.80. The van der Waals surface area contributed by atoms with Gasteiger partial charge in [-0.15, -0.1) is 12.4 Å². The van der Waals surface area contributed by atoms with Gasteiger partial charge in [-0.05, 0) is 6.92 Å². The van der Waals surface area contributed by atoms with Crippen molar-refractivity contribution in [3.63, 3.8) is 0 Å². The molecule has 0 aromatic carbocycles. The Morgan fingerprint density at radius 3 is 2.80 bits per heavy atom. The highest BCUT2D eigenvalue weighted by molar-refractivity contribution is 5.85. The molecule has 1 aromatic rings. The average Bonchev–Trinajstić information content (AvgIpc) is 2.15. The van der Waals surface area contributed by atoms with Gasteiger partial charge in [0.15, 0.2) is 5.78 Å². The van der Waals surface area contributed by atoms with Gasteiger partial charge in [-0.1, -0.05) is 0 Å². The maximum absolute atomic E-state index is 10.4. The highest BCUT2D eigenvalue weighted by atomic mass is 35.5. The summed E-state index contributed by atoms with van der Waals surface area (Å²) in [5.74, 6) is 0.0838. The van der Waals surface area contributed by atoms with Crippen LogP contribution < -0.4 is 0 Å². The maximum Gasteiger partial charge on any atom is 0.151 e. The number of nitrogens with zero attached hydrogens (tertiary/aromatic N) is 3. The lowest BCUT2D eigenvalue weighted by Crippen LogP contribution is -2.05. The molecule has 1 heterocycles. The monoisotopic (exact) mass is 161 g/mol. The van der Waals surface area contributed by atoms with Gasteiger partial charge in [0, 0.05) is 0 Å². The lowest BCUT2D eigenvalue weighted by molar-refractivity contribution is -0.117. The number of rotatable bonds is 2. The zero-order valence-electron chi connectivity index (χ0n) is 5.52. The first-order chi connectivity index (χ1) is 4.29. The number of ketones is 1. The lowest BCUT2D eigenvalue weighted by Gasteiger charge is -1.91. The largest absolute Gasteiger partial charge is 0.298 e. The average molecular weight is 162 g/mol. The van der Waals surface area contributed by atoms with Crippen molar-refractivity contribution < 1.29 is 4.79 Å². The Labute approximate surface area is 64.7 Å². The van der Waals surface area contributed by atoms with Crippen LogP contribution in [-0.4, -0.2) is 20.5 Å². The van der Waals surface area contributed by atoms with Gasteiger partial charge in [0.2, 0.25) is 0 Å². The van der Waals surface area contributed by atoms with E-state index < -0.39 is 0 Å². The minimum atomic E-state index is 0. The van der Waals surface area contributed by atoms with Crippen molar-refractivity contribution >= 4 is 18.2 Å². The molecule has 10 heavy (non-hydrogen) atoms. The smallest absolute Gasteiger partial charge is 0.151 e. The summed E-state index contributed by atoms with van der Waals surface area (Å²) in [7, 11) is 0. The minimum Gasteiger partial charge on any atom is -0.298 e. The molecule has 0 bridgehead atoms.